The molecule has 3 atom stereocenters. The smallest absolute Gasteiger partial charge is 0.252 e. The number of benzene rings is 3. The number of allylic oxidation sites excluding steroid dienone is 2. The summed E-state index contributed by atoms with van der Waals surface area (Å²) < 4.78 is 90.6. The summed E-state index contributed by atoms with van der Waals surface area (Å²) in [6, 6.07) is 13.8. The second kappa shape index (κ2) is 13.9. The molecule has 3 aromatic carbocycles. The summed E-state index contributed by atoms with van der Waals surface area (Å²) in [5.74, 6) is -0.395. The number of rotatable bonds is 12. The SMILES string of the molecule is CC(NC1C=C(F)C=CC1(F)S(=O)(=O)c1ccc(Cl)cc1)c1ccccc1OCCCN(C)S(=O)(=O)c1cc(Cl)ccc1Cl. The minimum atomic E-state index is -4.64. The summed E-state index contributed by atoms with van der Waals surface area (Å²) in [6.07, 6.45) is 2.67. The molecule has 44 heavy (non-hydrogen) atoms. The van der Waals surface area contributed by atoms with E-state index in [0.29, 0.717) is 23.8 Å². The average molecular weight is 706 g/mol. The number of ether oxygens (including phenoxy) is 1. The van der Waals surface area contributed by atoms with Gasteiger partial charge in [0.1, 0.15) is 16.5 Å². The number of alkyl halides is 1. The van der Waals surface area contributed by atoms with Crippen LogP contribution in [0.15, 0.2) is 101 Å². The van der Waals surface area contributed by atoms with Crippen molar-refractivity contribution in [3.63, 3.8) is 0 Å². The van der Waals surface area contributed by atoms with E-state index in [4.69, 9.17) is 39.5 Å². The number of hydrogen-bond donors (Lipinski definition) is 1. The second-order valence-corrected chi connectivity index (χ2v) is 15.4. The van der Waals surface area contributed by atoms with E-state index in [1.165, 1.54) is 49.5 Å². The molecule has 0 spiro atoms. The van der Waals surface area contributed by atoms with Crippen molar-refractivity contribution in [1.29, 1.82) is 0 Å². The number of sulfone groups is 1. The highest BCUT2D eigenvalue weighted by atomic mass is 35.5. The quantitative estimate of drug-likeness (QED) is 0.199. The Kier molecular flexibility index (Phi) is 10.8. The second-order valence-electron chi connectivity index (χ2n) is 10.0. The maximum Gasteiger partial charge on any atom is 0.252 e. The Hall–Kier alpha value is -2.51. The molecule has 0 saturated carbocycles. The molecule has 0 saturated heterocycles. The van der Waals surface area contributed by atoms with E-state index in [9.17, 15) is 21.2 Å². The summed E-state index contributed by atoms with van der Waals surface area (Å²) in [4.78, 5) is -0.414. The molecule has 7 nitrogen and oxygen atoms in total. The van der Waals surface area contributed by atoms with Gasteiger partial charge < -0.3 is 4.74 Å². The lowest BCUT2D eigenvalue weighted by molar-refractivity contribution is 0.254. The number of hydrogen-bond acceptors (Lipinski definition) is 6. The van der Waals surface area contributed by atoms with Crippen molar-refractivity contribution in [2.24, 2.45) is 0 Å². The van der Waals surface area contributed by atoms with Gasteiger partial charge in [-0.15, -0.1) is 0 Å². The standard InChI is InChI=1S/C30H29Cl3F2N2O5S2/c1-20(36-29-19-23(34)14-15-30(29,35)43(38,39)24-11-8-21(31)9-12-24)25-6-3-4-7-27(25)42-17-5-16-37(2)44(40,41)28-18-22(32)10-13-26(28)33/h3-4,6-15,18-20,29,36H,5,16-17H2,1-2H3. The molecule has 1 aliphatic carbocycles. The predicted octanol–water partition coefficient (Wildman–Crippen LogP) is 7.32. The molecule has 4 rings (SSSR count). The van der Waals surface area contributed by atoms with Crippen molar-refractivity contribution < 1.29 is 30.4 Å². The van der Waals surface area contributed by atoms with Crippen LogP contribution < -0.4 is 10.1 Å². The minimum Gasteiger partial charge on any atom is -0.493 e. The van der Waals surface area contributed by atoms with Gasteiger partial charge in [-0.2, -0.15) is 0 Å². The lowest BCUT2D eigenvalue weighted by Gasteiger charge is -2.34. The van der Waals surface area contributed by atoms with E-state index in [2.05, 4.69) is 5.32 Å². The van der Waals surface area contributed by atoms with Crippen LogP contribution in [0.5, 0.6) is 5.75 Å². The fraction of sp³-hybridized carbons (Fsp3) is 0.267. The largest absolute Gasteiger partial charge is 0.493 e. The Morgan fingerprint density at radius 3 is 2.36 bits per heavy atom. The van der Waals surface area contributed by atoms with E-state index in [1.54, 1.807) is 31.2 Å². The van der Waals surface area contributed by atoms with Crippen molar-refractivity contribution in [2.45, 2.75) is 40.2 Å². The zero-order valence-electron chi connectivity index (χ0n) is 23.6. The first kappa shape index (κ1) is 34.4. The van der Waals surface area contributed by atoms with Crippen LogP contribution in [0.1, 0.15) is 24.9 Å². The number of halogens is 5. The van der Waals surface area contributed by atoms with Crippen LogP contribution in [-0.4, -0.2) is 52.4 Å². The van der Waals surface area contributed by atoms with Gasteiger partial charge in [0, 0.05) is 35.2 Å². The van der Waals surface area contributed by atoms with Gasteiger partial charge in [0.25, 0.3) is 5.00 Å². The van der Waals surface area contributed by atoms with Crippen LogP contribution in [0.3, 0.4) is 0 Å². The first-order valence-corrected chi connectivity index (χ1v) is 17.4. The number of nitrogens with one attached hydrogen (secondary N) is 1. The van der Waals surface area contributed by atoms with E-state index in [-0.39, 0.29) is 38.0 Å². The van der Waals surface area contributed by atoms with Gasteiger partial charge in [-0.25, -0.2) is 29.9 Å². The first-order valence-electron chi connectivity index (χ1n) is 13.3. The van der Waals surface area contributed by atoms with Gasteiger partial charge in [0.2, 0.25) is 19.9 Å². The molecule has 3 aromatic rings. The molecule has 0 radical (unpaired) electrons. The molecular weight excluding hydrogens is 677 g/mol. The predicted molar refractivity (Wildman–Crippen MR) is 169 cm³/mol. The fourth-order valence-electron chi connectivity index (χ4n) is 4.60. The van der Waals surface area contributed by atoms with Crippen molar-refractivity contribution in [3.05, 3.63) is 111 Å². The van der Waals surface area contributed by atoms with E-state index >= 15 is 4.39 Å². The molecule has 0 aromatic heterocycles. The van der Waals surface area contributed by atoms with Gasteiger partial charge in [-0.3, -0.25) is 5.32 Å². The van der Waals surface area contributed by atoms with Gasteiger partial charge in [0.05, 0.1) is 22.6 Å². The van der Waals surface area contributed by atoms with E-state index < -0.39 is 42.8 Å². The molecule has 0 amide bonds. The fourth-order valence-corrected chi connectivity index (χ4v) is 8.24. The minimum absolute atomic E-state index is 0.0503. The Balaban J connectivity index is 1.46. The lowest BCUT2D eigenvalue weighted by Crippen LogP contribution is -2.52. The molecule has 3 unspecified atom stereocenters. The third kappa shape index (κ3) is 7.31. The normalized spacial score (nSPS) is 19.5. The highest BCUT2D eigenvalue weighted by Crippen LogP contribution is 2.38. The van der Waals surface area contributed by atoms with Gasteiger partial charge in [0.15, 0.2) is 0 Å². The van der Waals surface area contributed by atoms with Crippen molar-refractivity contribution in [3.8, 4) is 5.75 Å². The monoisotopic (exact) mass is 704 g/mol. The summed E-state index contributed by atoms with van der Waals surface area (Å²) in [7, 11) is -7.13. The zero-order valence-corrected chi connectivity index (χ0v) is 27.5. The third-order valence-electron chi connectivity index (χ3n) is 7.03. The molecule has 0 aliphatic heterocycles. The molecule has 1 aliphatic rings. The van der Waals surface area contributed by atoms with Crippen molar-refractivity contribution in [2.75, 3.05) is 20.2 Å². The maximum atomic E-state index is 16.5. The summed E-state index contributed by atoms with van der Waals surface area (Å²) >= 11 is 17.9. The first-order chi connectivity index (χ1) is 20.7. The van der Waals surface area contributed by atoms with Gasteiger partial charge >= 0.3 is 0 Å². The molecule has 0 bridgehead atoms. The Morgan fingerprint density at radius 1 is 1.00 bits per heavy atom. The zero-order chi connectivity index (χ0) is 32.3. The van der Waals surface area contributed by atoms with Crippen LogP contribution in [0.2, 0.25) is 15.1 Å². The topological polar surface area (TPSA) is 92.8 Å². The molecule has 0 heterocycles. The molecule has 236 valence electrons. The lowest BCUT2D eigenvalue weighted by atomic mass is 10.0. The number of nitrogens with zero attached hydrogens (tertiary/aromatic N) is 1. The van der Waals surface area contributed by atoms with Crippen LogP contribution in [0.4, 0.5) is 8.78 Å². The number of sulfonamides is 1. The Labute approximate surface area is 271 Å². The highest BCUT2D eigenvalue weighted by Gasteiger charge is 2.51. The highest BCUT2D eigenvalue weighted by molar-refractivity contribution is 7.93. The van der Waals surface area contributed by atoms with Crippen LogP contribution in [0, 0.1) is 0 Å². The van der Waals surface area contributed by atoms with Crippen molar-refractivity contribution >= 4 is 54.7 Å². The van der Waals surface area contributed by atoms with E-state index in [1.807, 2.05) is 0 Å². The number of para-hydroxylation sites is 1. The maximum absolute atomic E-state index is 16.5. The average Bonchev–Trinajstić information content (AvgIpc) is 2.98. The molecule has 14 heteroatoms. The summed E-state index contributed by atoms with van der Waals surface area (Å²) in [5.41, 5.74) is 0.550. The van der Waals surface area contributed by atoms with Crippen LogP contribution in [-0.2, 0) is 19.9 Å². The van der Waals surface area contributed by atoms with Crippen LogP contribution >= 0.6 is 34.8 Å². The third-order valence-corrected chi connectivity index (χ3v) is 12.0. The summed E-state index contributed by atoms with van der Waals surface area (Å²) in [5, 5.41) is 0.454. The molecule has 1 N–H and O–H groups in total. The molecular formula is C30H29Cl3F2N2O5S2. The molecule has 0 fully saturated rings. The van der Waals surface area contributed by atoms with Gasteiger partial charge in [-0.1, -0.05) is 53.0 Å². The summed E-state index contributed by atoms with van der Waals surface area (Å²) in [6.45, 7) is 1.88. The van der Waals surface area contributed by atoms with Gasteiger partial charge in [-0.05, 0) is 80.1 Å². The van der Waals surface area contributed by atoms with Crippen LogP contribution in [0.25, 0.3) is 0 Å². The van der Waals surface area contributed by atoms with Crippen molar-refractivity contribution in [1.82, 2.24) is 9.62 Å². The Bertz CT molecular complexity index is 1790. The Morgan fingerprint density at radius 2 is 1.66 bits per heavy atom. The van der Waals surface area contributed by atoms with E-state index in [0.717, 1.165) is 16.5 Å².